The van der Waals surface area contributed by atoms with Crippen LogP contribution >= 0.6 is 39.9 Å². The van der Waals surface area contributed by atoms with Crippen molar-refractivity contribution in [1.82, 2.24) is 0 Å². The minimum Gasteiger partial charge on any atom is -0.236 e. The summed E-state index contributed by atoms with van der Waals surface area (Å²) in [5.74, 6) is -0.334. The maximum atomic E-state index is 12.1. The number of hydrogen-bond donors (Lipinski definition) is 0. The van der Waals surface area contributed by atoms with Gasteiger partial charge >= 0.3 is 0 Å². The van der Waals surface area contributed by atoms with Crippen LogP contribution in [0.25, 0.3) is 0 Å². The Balaban J connectivity index is 0. The molecule has 0 atom stereocenters. The normalized spacial score (nSPS) is 7.40. The zero-order valence-corrected chi connectivity index (χ0v) is 12.0. The van der Waals surface area contributed by atoms with E-state index in [9.17, 15) is 4.39 Å². The molecule has 0 bridgehead atoms. The average molecular weight is 367 g/mol. The Morgan fingerprint density at radius 2 is 2.10 bits per heavy atom. The first-order valence-electron chi connectivity index (χ1n) is 2.12. The summed E-state index contributed by atoms with van der Waals surface area (Å²) in [5, 5.41) is 0. The third-order valence-electron chi connectivity index (χ3n) is 0.728. The minimum absolute atomic E-state index is 0. The minimum atomic E-state index is -0.334. The van der Waals surface area contributed by atoms with Gasteiger partial charge < -0.3 is 0 Å². The van der Waals surface area contributed by atoms with Crippen LogP contribution in [0.4, 0.5) is 4.39 Å². The second-order valence-electron chi connectivity index (χ2n) is 1.35. The molecule has 0 unspecified atom stereocenters. The molecular formula is C6H4BrFIZn-. The molecule has 0 fully saturated rings. The summed E-state index contributed by atoms with van der Waals surface area (Å²) >= 11 is 3.10. The van der Waals surface area contributed by atoms with Gasteiger partial charge in [-0.25, -0.2) is 4.39 Å². The van der Waals surface area contributed by atoms with Crippen molar-refractivity contribution in [3.63, 3.8) is 0 Å². The second kappa shape index (κ2) is 6.68. The van der Waals surface area contributed by atoms with E-state index in [1.807, 2.05) is 0 Å². The molecule has 0 aliphatic carbocycles. The van der Waals surface area contributed by atoms with E-state index in [-0.39, 0.29) is 49.3 Å². The van der Waals surface area contributed by atoms with Crippen molar-refractivity contribution in [3.8, 4) is 0 Å². The summed E-state index contributed by atoms with van der Waals surface area (Å²) in [5.41, 5.74) is 0. The standard InChI is InChI=1S/C6H3BrF.HI.Zn/c7-5-2-1-3-6(8)4-5;;/h1-2,4H;1H;/q-1;;. The van der Waals surface area contributed by atoms with Crippen LogP contribution in [0.1, 0.15) is 0 Å². The zero-order valence-electron chi connectivity index (χ0n) is 5.10. The fourth-order valence-corrected chi connectivity index (χ4v) is 0.745. The summed E-state index contributed by atoms with van der Waals surface area (Å²) in [6.07, 6.45) is 0. The molecule has 0 aromatic heterocycles. The van der Waals surface area contributed by atoms with Gasteiger partial charge in [0.05, 0.1) is 0 Å². The van der Waals surface area contributed by atoms with Gasteiger partial charge in [-0.3, -0.25) is 0 Å². The first kappa shape index (κ1) is 13.6. The molecule has 0 spiro atoms. The van der Waals surface area contributed by atoms with Gasteiger partial charge in [-0.05, 0) is 0 Å². The summed E-state index contributed by atoms with van der Waals surface area (Å²) in [7, 11) is 0. The molecular weight excluding hydrogens is 363 g/mol. The van der Waals surface area contributed by atoms with Crippen LogP contribution in [0.2, 0.25) is 0 Å². The van der Waals surface area contributed by atoms with E-state index < -0.39 is 0 Å². The first-order chi connectivity index (χ1) is 3.79. The van der Waals surface area contributed by atoms with Crippen molar-refractivity contribution in [2.45, 2.75) is 0 Å². The average Bonchev–Trinajstić information content (AvgIpc) is 1.64. The van der Waals surface area contributed by atoms with Crippen LogP contribution in [0.15, 0.2) is 22.7 Å². The molecule has 52 valence electrons. The summed E-state index contributed by atoms with van der Waals surface area (Å²) in [6, 6.07) is 6.99. The van der Waals surface area contributed by atoms with E-state index >= 15 is 0 Å². The third kappa shape index (κ3) is 4.75. The van der Waals surface area contributed by atoms with Gasteiger partial charge in [-0.1, -0.05) is 20.4 Å². The molecule has 1 aromatic rings. The fraction of sp³-hybridized carbons (Fsp3) is 0. The van der Waals surface area contributed by atoms with E-state index in [1.54, 1.807) is 6.07 Å². The molecule has 10 heavy (non-hydrogen) atoms. The quantitative estimate of drug-likeness (QED) is 0.376. The summed E-state index contributed by atoms with van der Waals surface area (Å²) in [6.45, 7) is 0. The van der Waals surface area contributed by atoms with Crippen LogP contribution in [0, 0.1) is 11.9 Å². The molecule has 1 rings (SSSR count). The van der Waals surface area contributed by atoms with E-state index in [0.29, 0.717) is 0 Å². The predicted molar refractivity (Wildman–Crippen MR) is 48.4 cm³/mol. The van der Waals surface area contributed by atoms with E-state index in [1.165, 1.54) is 12.1 Å². The third-order valence-corrected chi connectivity index (χ3v) is 1.22. The molecule has 0 N–H and O–H groups in total. The largest absolute Gasteiger partial charge is 0.236 e. The first-order valence-corrected chi connectivity index (χ1v) is 2.91. The van der Waals surface area contributed by atoms with Crippen molar-refractivity contribution in [2.75, 3.05) is 0 Å². The summed E-state index contributed by atoms with van der Waals surface area (Å²) < 4.78 is 12.8. The Kier molecular flexibility index (Phi) is 9.06. The molecule has 0 saturated carbocycles. The molecule has 0 heterocycles. The molecule has 0 nitrogen and oxygen atoms in total. The van der Waals surface area contributed by atoms with Crippen molar-refractivity contribution >= 4 is 39.9 Å². The summed E-state index contributed by atoms with van der Waals surface area (Å²) in [4.78, 5) is 0. The van der Waals surface area contributed by atoms with Crippen LogP contribution in [-0.4, -0.2) is 0 Å². The van der Waals surface area contributed by atoms with Gasteiger partial charge in [0.15, 0.2) is 0 Å². The van der Waals surface area contributed by atoms with Crippen LogP contribution in [0.5, 0.6) is 0 Å². The molecule has 0 aliphatic heterocycles. The smallest absolute Gasteiger partial charge is 0.0119 e. The van der Waals surface area contributed by atoms with Gasteiger partial charge in [0.1, 0.15) is 0 Å². The number of hydrogen-bond acceptors (Lipinski definition) is 0. The topological polar surface area (TPSA) is 0 Å². The molecule has 4 heteroatoms. The van der Waals surface area contributed by atoms with Crippen LogP contribution in [-0.2, 0) is 19.5 Å². The van der Waals surface area contributed by atoms with Gasteiger partial charge in [-0.2, -0.15) is 12.1 Å². The molecule has 0 saturated heterocycles. The Bertz CT molecular complexity index is 178. The van der Waals surface area contributed by atoms with Gasteiger partial charge in [0.25, 0.3) is 0 Å². The second-order valence-corrected chi connectivity index (χ2v) is 2.27. The van der Waals surface area contributed by atoms with Crippen molar-refractivity contribution in [3.05, 3.63) is 34.6 Å². The zero-order chi connectivity index (χ0) is 5.98. The predicted octanol–water partition coefficient (Wildman–Crippen LogP) is 3.00. The Morgan fingerprint density at radius 3 is 2.40 bits per heavy atom. The van der Waals surface area contributed by atoms with Crippen molar-refractivity contribution in [2.24, 2.45) is 0 Å². The number of rotatable bonds is 0. The Morgan fingerprint density at radius 1 is 1.50 bits per heavy atom. The van der Waals surface area contributed by atoms with Gasteiger partial charge in [0.2, 0.25) is 0 Å². The van der Waals surface area contributed by atoms with Crippen LogP contribution < -0.4 is 0 Å². The fourth-order valence-electron chi connectivity index (χ4n) is 0.412. The maximum absolute atomic E-state index is 12.1. The monoisotopic (exact) mass is 365 g/mol. The Labute approximate surface area is 97.5 Å². The van der Waals surface area contributed by atoms with E-state index in [2.05, 4.69) is 22.0 Å². The van der Waals surface area contributed by atoms with Crippen molar-refractivity contribution in [1.29, 1.82) is 0 Å². The van der Waals surface area contributed by atoms with Gasteiger partial charge in [0, 0.05) is 25.3 Å². The molecule has 0 radical (unpaired) electrons. The molecule has 0 aliphatic rings. The number of benzene rings is 1. The van der Waals surface area contributed by atoms with Gasteiger partial charge in [-0.15, -0.1) is 36.1 Å². The molecule has 1 aromatic carbocycles. The number of halogens is 3. The van der Waals surface area contributed by atoms with E-state index in [0.717, 1.165) is 4.47 Å². The van der Waals surface area contributed by atoms with E-state index in [4.69, 9.17) is 0 Å². The SMILES string of the molecule is Fc1[c-]ccc(Br)c1.I.[Zn]. The van der Waals surface area contributed by atoms with Crippen LogP contribution in [0.3, 0.4) is 0 Å². The maximum Gasteiger partial charge on any atom is 0.0119 e. The Hall–Kier alpha value is 0.983. The van der Waals surface area contributed by atoms with Crippen molar-refractivity contribution < 1.29 is 23.9 Å². The molecule has 0 amide bonds.